The summed E-state index contributed by atoms with van der Waals surface area (Å²) in [6, 6.07) is 1.33. The Morgan fingerprint density at radius 2 is 1.22 bits per heavy atom. The van der Waals surface area contributed by atoms with Crippen LogP contribution >= 0.6 is 0 Å². The minimum Gasteiger partial charge on any atom is -0.328 e. The molecule has 0 spiro atoms. The van der Waals surface area contributed by atoms with Crippen molar-refractivity contribution in [3.8, 4) is 0 Å². The Balaban J connectivity index is 0.000000199. The number of rotatable bonds is 1. The molecule has 2 saturated carbocycles. The normalized spacial score (nSPS) is 23.3. The number of nitrogens with one attached hydrogen (secondary N) is 1. The van der Waals surface area contributed by atoms with Gasteiger partial charge in [0.1, 0.15) is 0 Å². The Hall–Kier alpha value is -0.0800. The predicted octanol–water partition coefficient (Wildman–Crippen LogP) is 3.99. The Morgan fingerprint density at radius 1 is 0.778 bits per heavy atom. The van der Waals surface area contributed by atoms with Gasteiger partial charge in [0.05, 0.1) is 0 Å². The van der Waals surface area contributed by atoms with E-state index in [2.05, 4.69) is 26.1 Å². The topological polar surface area (TPSA) is 38.0 Å². The monoisotopic (exact) mass is 254 g/mol. The van der Waals surface area contributed by atoms with Gasteiger partial charge >= 0.3 is 0 Å². The second kappa shape index (κ2) is 8.16. The van der Waals surface area contributed by atoms with Gasteiger partial charge in [-0.25, -0.2) is 0 Å². The second-order valence-electron chi connectivity index (χ2n) is 7.13. The van der Waals surface area contributed by atoms with E-state index in [1.54, 1.807) is 0 Å². The summed E-state index contributed by atoms with van der Waals surface area (Å²) >= 11 is 0. The standard InChI is InChI=1S/C10H21N.C6H13N/c1-10(2,3)11-9-7-5-4-6-8-9;7-6-4-2-1-3-5-6/h9,11H,4-8H2,1-3H3;6H,1-5,7H2. The first kappa shape index (κ1) is 16.0. The molecule has 2 nitrogen and oxygen atoms in total. The zero-order valence-electron chi connectivity index (χ0n) is 12.8. The molecule has 0 aromatic heterocycles. The van der Waals surface area contributed by atoms with Gasteiger partial charge in [-0.3, -0.25) is 0 Å². The van der Waals surface area contributed by atoms with Gasteiger partial charge in [-0.15, -0.1) is 0 Å². The van der Waals surface area contributed by atoms with Gasteiger partial charge in [-0.2, -0.15) is 0 Å². The van der Waals surface area contributed by atoms with Crippen LogP contribution in [0.2, 0.25) is 0 Å². The van der Waals surface area contributed by atoms with E-state index >= 15 is 0 Å². The summed E-state index contributed by atoms with van der Waals surface area (Å²) in [5.41, 5.74) is 5.94. The first-order chi connectivity index (χ1) is 8.47. The molecule has 2 heteroatoms. The lowest BCUT2D eigenvalue weighted by Crippen LogP contribution is -2.44. The third kappa shape index (κ3) is 8.10. The molecule has 0 radical (unpaired) electrons. The molecule has 0 amide bonds. The zero-order chi connectivity index (χ0) is 13.4. The Bertz CT molecular complexity index is 196. The highest BCUT2D eigenvalue weighted by Gasteiger charge is 2.18. The van der Waals surface area contributed by atoms with E-state index in [0.717, 1.165) is 6.04 Å². The maximum Gasteiger partial charge on any atom is 0.00990 e. The lowest BCUT2D eigenvalue weighted by Gasteiger charge is -2.31. The van der Waals surface area contributed by atoms with Gasteiger partial charge in [0.25, 0.3) is 0 Å². The number of hydrogen-bond acceptors (Lipinski definition) is 2. The van der Waals surface area contributed by atoms with Crippen LogP contribution in [0.4, 0.5) is 0 Å². The van der Waals surface area contributed by atoms with Gasteiger partial charge < -0.3 is 11.1 Å². The van der Waals surface area contributed by atoms with E-state index in [4.69, 9.17) is 5.73 Å². The number of nitrogens with two attached hydrogens (primary N) is 1. The molecule has 18 heavy (non-hydrogen) atoms. The highest BCUT2D eigenvalue weighted by molar-refractivity contribution is 4.79. The third-order valence-corrected chi connectivity index (χ3v) is 3.89. The Labute approximate surface area is 114 Å². The molecule has 0 aliphatic heterocycles. The Kier molecular flexibility index (Phi) is 7.25. The van der Waals surface area contributed by atoms with Crippen molar-refractivity contribution in [2.24, 2.45) is 5.73 Å². The van der Waals surface area contributed by atoms with E-state index < -0.39 is 0 Å². The van der Waals surface area contributed by atoms with Crippen molar-refractivity contribution < 1.29 is 0 Å². The average Bonchev–Trinajstić information content (AvgIpc) is 2.30. The van der Waals surface area contributed by atoms with Crippen LogP contribution < -0.4 is 11.1 Å². The maximum absolute atomic E-state index is 5.63. The number of hydrogen-bond donors (Lipinski definition) is 2. The zero-order valence-corrected chi connectivity index (χ0v) is 12.8. The molecule has 3 N–H and O–H groups in total. The molecular weight excluding hydrogens is 220 g/mol. The van der Waals surface area contributed by atoms with Crippen molar-refractivity contribution in [3.63, 3.8) is 0 Å². The highest BCUT2D eigenvalue weighted by Crippen LogP contribution is 2.19. The molecule has 0 saturated heterocycles. The van der Waals surface area contributed by atoms with Crippen LogP contribution in [0.15, 0.2) is 0 Å². The van der Waals surface area contributed by atoms with E-state index in [0.29, 0.717) is 11.6 Å². The van der Waals surface area contributed by atoms with Gasteiger partial charge in [-0.1, -0.05) is 38.5 Å². The molecular formula is C16H34N2. The molecule has 108 valence electrons. The Morgan fingerprint density at radius 3 is 1.56 bits per heavy atom. The van der Waals surface area contributed by atoms with Gasteiger partial charge in [-0.05, 0) is 46.5 Å². The molecule has 0 atom stereocenters. The minimum absolute atomic E-state index is 0.308. The van der Waals surface area contributed by atoms with Crippen molar-refractivity contribution in [1.82, 2.24) is 5.32 Å². The van der Waals surface area contributed by atoms with Crippen molar-refractivity contribution >= 4 is 0 Å². The fourth-order valence-corrected chi connectivity index (χ4v) is 2.99. The predicted molar refractivity (Wildman–Crippen MR) is 80.8 cm³/mol. The van der Waals surface area contributed by atoms with Crippen molar-refractivity contribution in [2.75, 3.05) is 0 Å². The molecule has 0 aromatic rings. The van der Waals surface area contributed by atoms with E-state index in [1.165, 1.54) is 64.2 Å². The van der Waals surface area contributed by atoms with Crippen LogP contribution in [0.3, 0.4) is 0 Å². The maximum atomic E-state index is 5.63. The summed E-state index contributed by atoms with van der Waals surface area (Å²) in [7, 11) is 0. The van der Waals surface area contributed by atoms with E-state index in [1.807, 2.05) is 0 Å². The first-order valence-electron chi connectivity index (χ1n) is 8.01. The summed E-state index contributed by atoms with van der Waals surface area (Å²) in [6.45, 7) is 6.75. The molecule has 2 fully saturated rings. The van der Waals surface area contributed by atoms with Crippen molar-refractivity contribution in [2.45, 2.75) is 103 Å². The van der Waals surface area contributed by atoms with Crippen molar-refractivity contribution in [1.29, 1.82) is 0 Å². The quantitative estimate of drug-likeness (QED) is 0.742. The van der Waals surface area contributed by atoms with E-state index in [9.17, 15) is 0 Å². The molecule has 0 unspecified atom stereocenters. The first-order valence-corrected chi connectivity index (χ1v) is 8.01. The molecule has 2 rings (SSSR count). The smallest absolute Gasteiger partial charge is 0.00990 e. The van der Waals surface area contributed by atoms with Crippen LogP contribution in [0, 0.1) is 0 Å². The summed E-state index contributed by atoms with van der Waals surface area (Å²) in [5.74, 6) is 0. The van der Waals surface area contributed by atoms with Crippen LogP contribution in [0.1, 0.15) is 85.0 Å². The minimum atomic E-state index is 0.308. The highest BCUT2D eigenvalue weighted by atomic mass is 15.0. The van der Waals surface area contributed by atoms with Crippen LogP contribution in [-0.2, 0) is 0 Å². The molecule has 0 aromatic carbocycles. The van der Waals surface area contributed by atoms with Crippen LogP contribution in [-0.4, -0.2) is 17.6 Å². The summed E-state index contributed by atoms with van der Waals surface area (Å²) in [5, 5.41) is 3.66. The lowest BCUT2D eigenvalue weighted by molar-refractivity contribution is 0.295. The summed E-state index contributed by atoms with van der Waals surface area (Å²) in [4.78, 5) is 0. The fourth-order valence-electron chi connectivity index (χ4n) is 2.99. The van der Waals surface area contributed by atoms with Crippen LogP contribution in [0.25, 0.3) is 0 Å². The van der Waals surface area contributed by atoms with Crippen molar-refractivity contribution in [3.05, 3.63) is 0 Å². The van der Waals surface area contributed by atoms with Gasteiger partial charge in [0.2, 0.25) is 0 Å². The van der Waals surface area contributed by atoms with E-state index in [-0.39, 0.29) is 0 Å². The van der Waals surface area contributed by atoms with Gasteiger partial charge in [0.15, 0.2) is 0 Å². The molecule has 2 aliphatic carbocycles. The van der Waals surface area contributed by atoms with Gasteiger partial charge in [0, 0.05) is 17.6 Å². The summed E-state index contributed by atoms with van der Waals surface area (Å²) < 4.78 is 0. The lowest BCUT2D eigenvalue weighted by atomic mass is 9.93. The van der Waals surface area contributed by atoms with Crippen LogP contribution in [0.5, 0.6) is 0 Å². The molecule has 0 bridgehead atoms. The second-order valence-corrected chi connectivity index (χ2v) is 7.13. The fraction of sp³-hybridized carbons (Fsp3) is 1.00. The largest absolute Gasteiger partial charge is 0.328 e. The molecule has 2 aliphatic rings. The SMILES string of the molecule is CC(C)(C)NC1CCCCC1.NC1CCCCC1. The summed E-state index contributed by atoms with van der Waals surface area (Å²) in [6.07, 6.45) is 13.7. The molecule has 0 heterocycles. The third-order valence-electron chi connectivity index (χ3n) is 3.89. The average molecular weight is 254 g/mol.